The van der Waals surface area contributed by atoms with Crippen LogP contribution in [0.1, 0.15) is 149 Å². The molecule has 4 atom stereocenters. The number of fused-ring (bicyclic) bond motifs is 5. The van der Waals surface area contributed by atoms with Gasteiger partial charge in [-0.15, -0.1) is 0 Å². The van der Waals surface area contributed by atoms with E-state index in [1.807, 2.05) is 114 Å². The molecule has 14 aromatic rings. The zero-order valence-electron chi connectivity index (χ0n) is 75.0. The Kier molecular flexibility index (Phi) is 29.1. The Balaban J connectivity index is 0.000000157. The lowest BCUT2D eigenvalue weighted by Gasteiger charge is -2.31. The molecule has 8 aromatic heterocycles. The summed E-state index contributed by atoms with van der Waals surface area (Å²) in [6.07, 6.45) is 6.08. The summed E-state index contributed by atoms with van der Waals surface area (Å²) in [6, 6.07) is 40.2. The van der Waals surface area contributed by atoms with Crippen LogP contribution in [0.25, 0.3) is 103 Å². The van der Waals surface area contributed by atoms with E-state index >= 15 is 0 Å². The molecule has 6 N–H and O–H groups in total. The van der Waals surface area contributed by atoms with Crippen LogP contribution in [0.15, 0.2) is 170 Å². The van der Waals surface area contributed by atoms with Crippen LogP contribution in [0, 0.1) is 101 Å². The van der Waals surface area contributed by atoms with E-state index < -0.39 is 29.0 Å². The molecule has 1 unspecified atom stereocenters. The number of halogens is 4. The van der Waals surface area contributed by atoms with E-state index in [1.54, 1.807) is 130 Å². The Labute approximate surface area is 749 Å². The first kappa shape index (κ1) is 95.3. The number of anilines is 5. The van der Waals surface area contributed by atoms with E-state index in [0.717, 1.165) is 48.9 Å². The van der Waals surface area contributed by atoms with Gasteiger partial charge in [0, 0.05) is 35.9 Å². The van der Waals surface area contributed by atoms with Gasteiger partial charge in [0.05, 0.1) is 118 Å². The summed E-state index contributed by atoms with van der Waals surface area (Å²) in [5, 5.41) is 24.1. The highest BCUT2D eigenvalue weighted by Gasteiger charge is 2.36. The largest absolute Gasteiger partial charge is 0.392 e. The maximum Gasteiger partial charge on any atom is 0.234 e. The summed E-state index contributed by atoms with van der Waals surface area (Å²) in [4.78, 5) is 115. The summed E-state index contributed by atoms with van der Waals surface area (Å²) < 4.78 is 61.8. The molecule has 15 rings (SSSR count). The maximum atomic E-state index is 13.4. The molecule has 5 amide bonds. The summed E-state index contributed by atoms with van der Waals surface area (Å²) in [7, 11) is 0. The van der Waals surface area contributed by atoms with Crippen molar-refractivity contribution in [3.63, 3.8) is 0 Å². The van der Waals surface area contributed by atoms with Crippen LogP contribution in [0.5, 0.6) is 0 Å². The highest BCUT2D eigenvalue weighted by molar-refractivity contribution is 5.99. The lowest BCUT2D eigenvalue weighted by molar-refractivity contribution is -0.129. The van der Waals surface area contributed by atoms with Gasteiger partial charge in [-0.3, -0.25) is 68.8 Å². The molecule has 1 fully saturated rings. The summed E-state index contributed by atoms with van der Waals surface area (Å²) in [5.41, 5.74) is 8.10. The highest BCUT2D eigenvalue weighted by atomic mass is 19.1. The van der Waals surface area contributed by atoms with Gasteiger partial charge in [0.15, 0.2) is 28.4 Å². The van der Waals surface area contributed by atoms with E-state index in [0.29, 0.717) is 126 Å². The lowest BCUT2D eigenvalue weighted by Crippen LogP contribution is -2.40. The average molecular weight is 1760 g/mol. The Morgan fingerprint density at radius 1 is 0.408 bits per heavy atom. The van der Waals surface area contributed by atoms with Gasteiger partial charge < -0.3 is 9.67 Å². The number of carbonyl (C=O) groups is 5. The molecule has 0 spiro atoms. The molecule has 8 heterocycles. The second-order valence-corrected chi connectivity index (χ2v) is 35.7. The topological polar surface area (TPSA) is 315 Å². The standard InChI is InChI=1S/C21H21FN4O.C20H20FN5O.2C19H18FN5O.C18H22N4O2/c1-13(21(2,3)4)19(27)25-20-24-17-11-8-15(23-5)12-18(17)26(20)16-9-6-14(22)7-10-16;1-12(20(2,3)4)18(27)25-19-24-15-8-7-14(22-5)10-16(15)26(19)17-9-6-13(21)11-23-17;1-19(2,3)10-17(26)24-18-23-14-7-6-13(21-4)9-15(14)25(18)16-8-5-12(20)11-22-16;1-11(2)12(3)18(26)24-19-23-15-7-6-14(21-4)9-16(15)25(19)17-8-5-13(20)10-22-17;1-11(23)18(2,3)16(24)21-17-20-14-9-8-12(19-4)10-15(14)22(17)13-6-5-7-13/h6-13H,1-4H3,(H,24,25,27);6-12H,1-4H3,(H,24,25,27);5-9,11H,10H2,1-3H3,(H,23,24,26);5-12H,1-3H3,(H,23,24,26);8-11,13,23H,5-7H2,1-3H3,(H,20,21,24)/t13-;12-;;12-;/m11.0./s1. The first-order valence-electron chi connectivity index (χ1n) is 41.8. The number of imidazole rings is 5. The fraction of sp³-hybridized carbons (Fsp3) is 0.320. The molecule has 0 aliphatic heterocycles. The molecular weight excluding hydrogens is 1660 g/mol. The normalized spacial score (nSPS) is 13.0. The highest BCUT2D eigenvalue weighted by Crippen LogP contribution is 2.41. The van der Waals surface area contributed by atoms with E-state index in [-0.39, 0.29) is 87.2 Å². The van der Waals surface area contributed by atoms with Gasteiger partial charge in [-0.05, 0) is 184 Å². The second kappa shape index (κ2) is 39.6. The van der Waals surface area contributed by atoms with Crippen LogP contribution in [-0.2, 0) is 24.0 Å². The van der Waals surface area contributed by atoms with Crippen LogP contribution >= 0.6 is 0 Å². The molecule has 0 bridgehead atoms. The fourth-order valence-electron chi connectivity index (χ4n) is 13.0. The van der Waals surface area contributed by atoms with Gasteiger partial charge in [0.25, 0.3) is 0 Å². The number of aliphatic hydroxyl groups is 1. The molecule has 29 nitrogen and oxygen atoms in total. The molecule has 1 aliphatic carbocycles. The van der Waals surface area contributed by atoms with E-state index in [2.05, 4.69) is 90.7 Å². The number of pyridine rings is 3. The second-order valence-electron chi connectivity index (χ2n) is 35.7. The van der Waals surface area contributed by atoms with Gasteiger partial charge in [-0.2, -0.15) is 0 Å². The summed E-state index contributed by atoms with van der Waals surface area (Å²) >= 11 is 0. The smallest absolute Gasteiger partial charge is 0.234 e. The molecule has 0 radical (unpaired) electrons. The Bertz CT molecular complexity index is 6640. The zero-order chi connectivity index (χ0) is 94.8. The van der Waals surface area contributed by atoms with Crippen molar-refractivity contribution in [2.24, 2.45) is 45.3 Å². The number of aromatic nitrogens is 13. The van der Waals surface area contributed by atoms with Gasteiger partial charge in [-0.25, -0.2) is 81.7 Å². The van der Waals surface area contributed by atoms with Crippen LogP contribution in [0.3, 0.4) is 0 Å². The molecular formula is C97H99F4N23O6. The Morgan fingerprint density at radius 2 is 0.723 bits per heavy atom. The first-order valence-corrected chi connectivity index (χ1v) is 41.8. The number of carbonyl (C=O) groups excluding carboxylic acids is 5. The maximum absolute atomic E-state index is 13.4. The van der Waals surface area contributed by atoms with Crippen molar-refractivity contribution < 1.29 is 46.6 Å². The average Bonchev–Trinajstić information content (AvgIpc) is 1.66. The SMILES string of the molecule is [C-]#[N+]c1ccc2nc(NC(=O)C(C)(C)C(C)O)n(C3CCC3)c2c1.[C-]#[N+]c1ccc2nc(NC(=O)CC(C)(C)C)n(-c3ccc(F)cn3)c2c1.[C-]#[N+]c1ccc2nc(NC(=O)[C@@H](C)C(C)(C)C)n(-c3ccc(F)cc3)c2c1.[C-]#[N+]c1ccc2nc(NC(=O)[C@@H](C)C(C)(C)C)n(-c3ccc(F)cn3)c2c1.[C-]#[N+]c1ccc2nc(NC(=O)[C@@H](C)C(C)C)n(-c3ccc(F)cn3)c2c1. The number of nitrogens with zero attached hydrogens (tertiary/aromatic N) is 18. The zero-order valence-corrected chi connectivity index (χ0v) is 75.0. The number of hydrogen-bond donors (Lipinski definition) is 6. The molecule has 130 heavy (non-hydrogen) atoms. The van der Waals surface area contributed by atoms with Crippen LogP contribution in [0.4, 0.5) is 75.7 Å². The van der Waals surface area contributed by atoms with Gasteiger partial charge in [0.2, 0.25) is 59.3 Å². The van der Waals surface area contributed by atoms with Gasteiger partial charge in [0.1, 0.15) is 40.7 Å². The Morgan fingerprint density at radius 3 is 1.03 bits per heavy atom. The van der Waals surface area contributed by atoms with Crippen molar-refractivity contribution in [2.75, 3.05) is 26.6 Å². The number of rotatable bonds is 17. The predicted molar refractivity (Wildman–Crippen MR) is 495 cm³/mol. The lowest BCUT2D eigenvalue weighted by atomic mass is 9.81. The first-order chi connectivity index (χ1) is 61.4. The fourth-order valence-corrected chi connectivity index (χ4v) is 13.0. The van der Waals surface area contributed by atoms with Crippen LogP contribution in [-0.4, -0.2) is 103 Å². The number of nitrogens with one attached hydrogen (secondary N) is 5. The van der Waals surface area contributed by atoms with Crippen molar-refractivity contribution in [1.29, 1.82) is 0 Å². The third kappa shape index (κ3) is 22.3. The minimum atomic E-state index is -0.912. The Hall–Kier alpha value is -15.4. The monoisotopic (exact) mass is 1760 g/mol. The summed E-state index contributed by atoms with van der Waals surface area (Å²) in [5.74, 6) is -0.270. The van der Waals surface area contributed by atoms with Crippen molar-refractivity contribution in [3.05, 3.63) is 251 Å². The quantitative estimate of drug-likeness (QED) is 0.0365. The summed E-state index contributed by atoms with van der Waals surface area (Å²) in [6.45, 7) is 68.5. The van der Waals surface area contributed by atoms with Gasteiger partial charge >= 0.3 is 0 Å². The van der Waals surface area contributed by atoms with E-state index in [1.165, 1.54) is 48.5 Å². The van der Waals surface area contributed by atoms with Crippen molar-refractivity contribution in [3.8, 4) is 23.1 Å². The van der Waals surface area contributed by atoms with Crippen LogP contribution < -0.4 is 26.6 Å². The molecule has 1 saturated carbocycles. The van der Waals surface area contributed by atoms with E-state index in [4.69, 9.17) is 32.9 Å². The molecule has 33 heteroatoms. The van der Waals surface area contributed by atoms with Crippen molar-refractivity contribution >= 4 is 143 Å². The third-order valence-electron chi connectivity index (χ3n) is 22.5. The minimum Gasteiger partial charge on any atom is -0.392 e. The predicted octanol–water partition coefficient (Wildman–Crippen LogP) is 22.6. The van der Waals surface area contributed by atoms with Gasteiger partial charge in [-0.1, -0.05) is 127 Å². The number of amides is 5. The third-order valence-corrected chi connectivity index (χ3v) is 22.5. The number of benzene rings is 6. The molecule has 0 saturated heterocycles. The van der Waals surface area contributed by atoms with E-state index in [9.17, 15) is 46.6 Å². The molecule has 6 aromatic carbocycles. The number of hydrogen-bond acceptors (Lipinski definition) is 14. The van der Waals surface area contributed by atoms with Crippen molar-refractivity contribution in [2.45, 2.75) is 156 Å². The molecule has 666 valence electrons. The van der Waals surface area contributed by atoms with Crippen molar-refractivity contribution in [1.82, 2.24) is 62.7 Å². The van der Waals surface area contributed by atoms with Crippen LogP contribution in [0.2, 0.25) is 0 Å². The minimum absolute atomic E-state index is 0.147. The number of aliphatic hydroxyl groups excluding tert-OH is 1. The molecule has 1 aliphatic rings.